The molecule has 0 amide bonds. The summed E-state index contributed by atoms with van der Waals surface area (Å²) in [5, 5.41) is 6.04. The topological polar surface area (TPSA) is 83.0 Å². The molecule has 0 bridgehead atoms. The molecule has 7 nitrogen and oxygen atoms in total. The van der Waals surface area contributed by atoms with Crippen LogP contribution in [0, 0.1) is 0 Å². The average molecular weight is 424 g/mol. The zero-order valence-electron chi connectivity index (χ0n) is 16.2. The number of hydrogen-bond donors (Lipinski definition) is 2. The van der Waals surface area contributed by atoms with Gasteiger partial charge in [0.25, 0.3) is 0 Å². The van der Waals surface area contributed by atoms with Crippen molar-refractivity contribution in [3.05, 3.63) is 29.8 Å². The first-order valence-corrected chi connectivity index (χ1v) is 10.7. The highest BCUT2D eigenvalue weighted by molar-refractivity contribution is 7.88. The SMILES string of the molecule is CCNC(=NCc1ccccc1OC(F)(F)F)NCCCN(CC)S(C)(=O)=O. The van der Waals surface area contributed by atoms with E-state index >= 15 is 0 Å². The lowest BCUT2D eigenvalue weighted by atomic mass is 10.2. The van der Waals surface area contributed by atoms with Crippen molar-refractivity contribution < 1.29 is 26.3 Å². The number of nitrogens with one attached hydrogen (secondary N) is 2. The van der Waals surface area contributed by atoms with Crippen LogP contribution in [0.25, 0.3) is 0 Å². The minimum atomic E-state index is -4.77. The van der Waals surface area contributed by atoms with Gasteiger partial charge in [0.1, 0.15) is 5.75 Å². The first kappa shape index (κ1) is 24.0. The van der Waals surface area contributed by atoms with E-state index in [4.69, 9.17) is 0 Å². The van der Waals surface area contributed by atoms with Crippen LogP contribution >= 0.6 is 0 Å². The van der Waals surface area contributed by atoms with Gasteiger partial charge < -0.3 is 15.4 Å². The van der Waals surface area contributed by atoms with E-state index in [0.29, 0.717) is 44.1 Å². The summed E-state index contributed by atoms with van der Waals surface area (Å²) >= 11 is 0. The molecule has 28 heavy (non-hydrogen) atoms. The second-order valence-corrected chi connectivity index (χ2v) is 7.87. The highest BCUT2D eigenvalue weighted by Crippen LogP contribution is 2.26. The van der Waals surface area contributed by atoms with Crippen molar-refractivity contribution in [2.24, 2.45) is 4.99 Å². The predicted molar refractivity (Wildman–Crippen MR) is 103 cm³/mol. The third-order valence-electron chi connectivity index (χ3n) is 3.65. The second-order valence-electron chi connectivity index (χ2n) is 5.89. The lowest BCUT2D eigenvalue weighted by molar-refractivity contribution is -0.274. The van der Waals surface area contributed by atoms with Gasteiger partial charge >= 0.3 is 6.36 Å². The van der Waals surface area contributed by atoms with E-state index in [2.05, 4.69) is 20.4 Å². The Hall–Kier alpha value is -2.01. The summed E-state index contributed by atoms with van der Waals surface area (Å²) in [6.45, 7) is 5.40. The summed E-state index contributed by atoms with van der Waals surface area (Å²) < 4.78 is 66.0. The van der Waals surface area contributed by atoms with E-state index in [9.17, 15) is 21.6 Å². The van der Waals surface area contributed by atoms with Gasteiger partial charge in [-0.25, -0.2) is 17.7 Å². The molecule has 0 saturated heterocycles. The number of halogens is 3. The van der Waals surface area contributed by atoms with Crippen molar-refractivity contribution in [2.75, 3.05) is 32.4 Å². The van der Waals surface area contributed by atoms with E-state index < -0.39 is 16.4 Å². The minimum Gasteiger partial charge on any atom is -0.405 e. The fourth-order valence-electron chi connectivity index (χ4n) is 2.39. The molecule has 0 heterocycles. The molecule has 11 heteroatoms. The highest BCUT2D eigenvalue weighted by atomic mass is 32.2. The summed E-state index contributed by atoms with van der Waals surface area (Å²) in [6.07, 6.45) is -3.05. The molecule has 0 aromatic heterocycles. The number of alkyl halides is 3. The van der Waals surface area contributed by atoms with Gasteiger partial charge in [-0.05, 0) is 19.4 Å². The molecule has 0 atom stereocenters. The Labute approximate surface area is 164 Å². The van der Waals surface area contributed by atoms with Gasteiger partial charge in [-0.1, -0.05) is 25.1 Å². The number of para-hydroxylation sites is 1. The average Bonchev–Trinajstić information content (AvgIpc) is 2.58. The van der Waals surface area contributed by atoms with Crippen LogP contribution in [0.4, 0.5) is 13.2 Å². The van der Waals surface area contributed by atoms with E-state index in [1.807, 2.05) is 6.92 Å². The lowest BCUT2D eigenvalue weighted by Crippen LogP contribution is -2.39. The van der Waals surface area contributed by atoms with E-state index in [1.165, 1.54) is 22.5 Å². The van der Waals surface area contributed by atoms with Crippen molar-refractivity contribution in [2.45, 2.75) is 33.2 Å². The van der Waals surface area contributed by atoms with Crippen molar-refractivity contribution >= 4 is 16.0 Å². The molecule has 1 rings (SSSR count). The van der Waals surface area contributed by atoms with Crippen LogP contribution in [-0.2, 0) is 16.6 Å². The maximum absolute atomic E-state index is 12.5. The summed E-state index contributed by atoms with van der Waals surface area (Å²) in [5.41, 5.74) is 0.297. The summed E-state index contributed by atoms with van der Waals surface area (Å²) in [6, 6.07) is 5.82. The monoisotopic (exact) mass is 424 g/mol. The number of ether oxygens (including phenoxy) is 1. The molecule has 2 N–H and O–H groups in total. The van der Waals surface area contributed by atoms with Crippen LogP contribution in [-0.4, -0.2) is 57.5 Å². The predicted octanol–water partition coefficient (Wildman–Crippen LogP) is 2.31. The van der Waals surface area contributed by atoms with Crippen LogP contribution in [0.15, 0.2) is 29.3 Å². The van der Waals surface area contributed by atoms with Gasteiger partial charge in [-0.15, -0.1) is 13.2 Å². The standard InChI is InChI=1S/C17H27F3N4O3S/c1-4-21-16(22-11-8-12-24(5-2)28(3,25)26)23-13-14-9-6-7-10-15(14)27-17(18,19)20/h6-7,9-10H,4-5,8,11-13H2,1-3H3,(H2,21,22,23). The molecule has 0 unspecified atom stereocenters. The third-order valence-corrected chi connectivity index (χ3v) is 5.03. The van der Waals surface area contributed by atoms with E-state index in [0.717, 1.165) is 6.26 Å². The zero-order chi connectivity index (χ0) is 21.2. The smallest absolute Gasteiger partial charge is 0.405 e. The number of rotatable bonds is 10. The Kier molecular flexibility index (Phi) is 9.53. The molecule has 0 fully saturated rings. The number of hydrogen-bond acceptors (Lipinski definition) is 4. The van der Waals surface area contributed by atoms with Gasteiger partial charge in [0.15, 0.2) is 5.96 Å². The summed E-state index contributed by atoms with van der Waals surface area (Å²) in [7, 11) is -3.24. The molecule has 0 spiro atoms. The zero-order valence-corrected chi connectivity index (χ0v) is 17.0. The van der Waals surface area contributed by atoms with Crippen LogP contribution in [0.5, 0.6) is 5.75 Å². The Balaban J connectivity index is 2.68. The van der Waals surface area contributed by atoms with Gasteiger partial charge in [0, 0.05) is 31.7 Å². The highest BCUT2D eigenvalue weighted by Gasteiger charge is 2.31. The van der Waals surface area contributed by atoms with Crippen LogP contribution in [0.3, 0.4) is 0 Å². The number of benzene rings is 1. The fraction of sp³-hybridized carbons (Fsp3) is 0.588. The van der Waals surface area contributed by atoms with Crippen molar-refractivity contribution in [1.82, 2.24) is 14.9 Å². The number of nitrogens with zero attached hydrogens (tertiary/aromatic N) is 2. The fourth-order valence-corrected chi connectivity index (χ4v) is 3.32. The van der Waals surface area contributed by atoms with Crippen molar-refractivity contribution in [3.63, 3.8) is 0 Å². The summed E-state index contributed by atoms with van der Waals surface area (Å²) in [5.74, 6) is 0.132. The van der Waals surface area contributed by atoms with Crippen LogP contribution in [0.1, 0.15) is 25.8 Å². The number of sulfonamides is 1. The molecule has 1 aromatic rings. The molecular formula is C17H27F3N4O3S. The van der Waals surface area contributed by atoms with Crippen LogP contribution in [0.2, 0.25) is 0 Å². The number of aliphatic imine (C=N–C) groups is 1. The molecular weight excluding hydrogens is 397 g/mol. The largest absolute Gasteiger partial charge is 0.573 e. The van der Waals surface area contributed by atoms with Gasteiger partial charge in [0.05, 0.1) is 12.8 Å². The Morgan fingerprint density at radius 1 is 1.21 bits per heavy atom. The summed E-state index contributed by atoms with van der Waals surface area (Å²) in [4.78, 5) is 4.28. The van der Waals surface area contributed by atoms with Crippen LogP contribution < -0.4 is 15.4 Å². The maximum Gasteiger partial charge on any atom is 0.573 e. The Morgan fingerprint density at radius 2 is 1.89 bits per heavy atom. The van der Waals surface area contributed by atoms with Crippen molar-refractivity contribution in [1.29, 1.82) is 0 Å². The second kappa shape index (κ2) is 11.1. The first-order chi connectivity index (χ1) is 13.1. The number of guanidine groups is 1. The van der Waals surface area contributed by atoms with Crippen molar-refractivity contribution in [3.8, 4) is 5.75 Å². The molecule has 0 saturated carbocycles. The maximum atomic E-state index is 12.5. The normalized spacial score (nSPS) is 12.9. The van der Waals surface area contributed by atoms with Gasteiger partial charge in [-0.2, -0.15) is 0 Å². The molecule has 0 aliphatic heterocycles. The minimum absolute atomic E-state index is 0.00793. The molecule has 160 valence electrons. The molecule has 1 aromatic carbocycles. The quantitative estimate of drug-likeness (QED) is 0.342. The van der Waals surface area contributed by atoms with E-state index in [-0.39, 0.29) is 12.3 Å². The lowest BCUT2D eigenvalue weighted by Gasteiger charge is -2.18. The van der Waals surface area contributed by atoms with E-state index in [1.54, 1.807) is 13.0 Å². The Morgan fingerprint density at radius 3 is 2.46 bits per heavy atom. The Bertz CT molecular complexity index is 739. The third kappa shape index (κ3) is 9.27. The molecule has 0 radical (unpaired) electrons. The first-order valence-electron chi connectivity index (χ1n) is 8.87. The van der Waals surface area contributed by atoms with Gasteiger partial charge in [0.2, 0.25) is 10.0 Å². The molecule has 0 aliphatic rings. The molecule has 0 aliphatic carbocycles. The van der Waals surface area contributed by atoms with Gasteiger partial charge in [-0.3, -0.25) is 0 Å².